The second-order valence-corrected chi connectivity index (χ2v) is 7.64. The Kier molecular flexibility index (Phi) is 4.95. The van der Waals surface area contributed by atoms with Gasteiger partial charge in [-0.25, -0.2) is 14.8 Å². The number of H-pyrrole nitrogens is 1. The molecular weight excluding hydrogens is 382 g/mol. The molecule has 8 nitrogen and oxygen atoms in total. The highest BCUT2D eigenvalue weighted by Gasteiger charge is 2.20. The number of fused-ring (bicyclic) bond motifs is 2. The SMILES string of the molecule is COc1cc(C(=O)OC(C)C)cc2nc(-c3cc4ccc([C@@H](C)N)nc4[nH]3)n(C)c12. The number of esters is 1. The minimum Gasteiger partial charge on any atom is -0.494 e. The Morgan fingerprint density at radius 3 is 2.60 bits per heavy atom. The van der Waals surface area contributed by atoms with Gasteiger partial charge in [0, 0.05) is 18.5 Å². The molecule has 0 unspecified atom stereocenters. The van der Waals surface area contributed by atoms with E-state index in [4.69, 9.17) is 20.2 Å². The molecule has 3 heterocycles. The van der Waals surface area contributed by atoms with Gasteiger partial charge < -0.3 is 24.8 Å². The van der Waals surface area contributed by atoms with E-state index in [0.717, 1.165) is 27.9 Å². The molecule has 4 rings (SSSR count). The number of nitrogens with zero attached hydrogens (tertiary/aromatic N) is 3. The fourth-order valence-electron chi connectivity index (χ4n) is 3.50. The van der Waals surface area contributed by atoms with E-state index in [-0.39, 0.29) is 12.1 Å². The van der Waals surface area contributed by atoms with E-state index in [2.05, 4.69) is 9.97 Å². The molecule has 3 N–H and O–H groups in total. The molecule has 8 heteroatoms. The second kappa shape index (κ2) is 7.46. The van der Waals surface area contributed by atoms with Crippen molar-refractivity contribution in [3.8, 4) is 17.3 Å². The van der Waals surface area contributed by atoms with E-state index in [1.165, 1.54) is 0 Å². The number of nitrogens with one attached hydrogen (secondary N) is 1. The number of aryl methyl sites for hydroxylation is 1. The number of nitrogens with two attached hydrogens (primary N) is 1. The van der Waals surface area contributed by atoms with E-state index in [1.54, 1.807) is 19.2 Å². The van der Waals surface area contributed by atoms with E-state index >= 15 is 0 Å². The van der Waals surface area contributed by atoms with Crippen molar-refractivity contribution in [2.75, 3.05) is 7.11 Å². The van der Waals surface area contributed by atoms with E-state index in [1.807, 2.05) is 50.6 Å². The minimum atomic E-state index is -0.407. The molecule has 0 amide bonds. The van der Waals surface area contributed by atoms with E-state index in [9.17, 15) is 4.79 Å². The maximum atomic E-state index is 12.4. The first-order chi connectivity index (χ1) is 14.3. The van der Waals surface area contributed by atoms with Gasteiger partial charge in [0.25, 0.3) is 0 Å². The lowest BCUT2D eigenvalue weighted by atomic mass is 10.2. The minimum absolute atomic E-state index is 0.148. The molecule has 0 radical (unpaired) electrons. The number of carbonyl (C=O) groups is 1. The van der Waals surface area contributed by atoms with Gasteiger partial charge in [0.2, 0.25) is 0 Å². The topological polar surface area (TPSA) is 108 Å². The van der Waals surface area contributed by atoms with Crippen molar-refractivity contribution in [1.29, 1.82) is 0 Å². The summed E-state index contributed by atoms with van der Waals surface area (Å²) in [6, 6.07) is 9.17. The summed E-state index contributed by atoms with van der Waals surface area (Å²) in [5.41, 5.74) is 10.2. The number of ether oxygens (including phenoxy) is 2. The van der Waals surface area contributed by atoms with Crippen LogP contribution in [0.3, 0.4) is 0 Å². The van der Waals surface area contributed by atoms with Gasteiger partial charge >= 0.3 is 5.97 Å². The highest BCUT2D eigenvalue weighted by atomic mass is 16.5. The maximum Gasteiger partial charge on any atom is 0.338 e. The number of hydrogen-bond donors (Lipinski definition) is 2. The predicted octanol–water partition coefficient (Wildman–Crippen LogP) is 3.71. The Labute approximate surface area is 174 Å². The normalized spacial score (nSPS) is 12.6. The first-order valence-corrected chi connectivity index (χ1v) is 9.79. The highest BCUT2D eigenvalue weighted by molar-refractivity contribution is 5.97. The molecule has 4 aromatic rings. The Morgan fingerprint density at radius 1 is 1.17 bits per heavy atom. The average Bonchev–Trinajstić information content (AvgIpc) is 3.26. The summed E-state index contributed by atoms with van der Waals surface area (Å²) in [7, 11) is 3.48. The van der Waals surface area contributed by atoms with Crippen LogP contribution in [0, 0.1) is 0 Å². The summed E-state index contributed by atoms with van der Waals surface area (Å²) in [5.74, 6) is 0.853. The number of hydrogen-bond acceptors (Lipinski definition) is 6. The third-order valence-corrected chi connectivity index (χ3v) is 4.94. The summed E-state index contributed by atoms with van der Waals surface area (Å²) in [5, 5.41) is 0.967. The lowest BCUT2D eigenvalue weighted by Gasteiger charge is -2.10. The van der Waals surface area contributed by atoms with Crippen molar-refractivity contribution in [1.82, 2.24) is 19.5 Å². The molecule has 0 aliphatic heterocycles. The Morgan fingerprint density at radius 2 is 1.93 bits per heavy atom. The Bertz CT molecular complexity index is 1250. The monoisotopic (exact) mass is 407 g/mol. The summed E-state index contributed by atoms with van der Waals surface area (Å²) >= 11 is 0. The zero-order valence-electron chi connectivity index (χ0n) is 17.7. The van der Waals surface area contributed by atoms with Gasteiger partial charge in [-0.15, -0.1) is 0 Å². The largest absolute Gasteiger partial charge is 0.494 e. The number of aromatic amines is 1. The van der Waals surface area contributed by atoms with Crippen LogP contribution >= 0.6 is 0 Å². The van der Waals surface area contributed by atoms with Gasteiger partial charge in [-0.05, 0) is 51.1 Å². The van der Waals surface area contributed by atoms with Gasteiger partial charge in [-0.1, -0.05) is 0 Å². The average molecular weight is 407 g/mol. The van der Waals surface area contributed by atoms with Crippen molar-refractivity contribution >= 4 is 28.0 Å². The van der Waals surface area contributed by atoms with Crippen molar-refractivity contribution in [3.63, 3.8) is 0 Å². The molecule has 30 heavy (non-hydrogen) atoms. The lowest BCUT2D eigenvalue weighted by Crippen LogP contribution is -2.11. The van der Waals surface area contributed by atoms with E-state index in [0.29, 0.717) is 22.7 Å². The van der Waals surface area contributed by atoms with Crippen molar-refractivity contribution < 1.29 is 14.3 Å². The van der Waals surface area contributed by atoms with Crippen molar-refractivity contribution in [2.24, 2.45) is 12.8 Å². The van der Waals surface area contributed by atoms with Crippen LogP contribution in [0.5, 0.6) is 5.75 Å². The zero-order valence-corrected chi connectivity index (χ0v) is 17.7. The first-order valence-electron chi connectivity index (χ1n) is 9.79. The summed E-state index contributed by atoms with van der Waals surface area (Å²) < 4.78 is 12.8. The Hall–Kier alpha value is -3.39. The van der Waals surface area contributed by atoms with Crippen LogP contribution in [0.25, 0.3) is 33.6 Å². The van der Waals surface area contributed by atoms with Gasteiger partial charge in [-0.3, -0.25) is 0 Å². The van der Waals surface area contributed by atoms with Gasteiger partial charge in [0.1, 0.15) is 16.9 Å². The number of carbonyl (C=O) groups excluding carboxylic acids is 1. The van der Waals surface area contributed by atoms with Crippen LogP contribution in [0.1, 0.15) is 42.9 Å². The third-order valence-electron chi connectivity index (χ3n) is 4.94. The number of methoxy groups -OCH3 is 1. The molecule has 0 aliphatic rings. The highest BCUT2D eigenvalue weighted by Crippen LogP contribution is 2.32. The van der Waals surface area contributed by atoms with E-state index < -0.39 is 5.97 Å². The maximum absolute atomic E-state index is 12.4. The predicted molar refractivity (Wildman–Crippen MR) is 116 cm³/mol. The van der Waals surface area contributed by atoms with Crippen LogP contribution in [0.15, 0.2) is 30.3 Å². The summed E-state index contributed by atoms with van der Waals surface area (Å²) in [6.07, 6.45) is -0.210. The van der Waals surface area contributed by atoms with Crippen LogP contribution < -0.4 is 10.5 Å². The summed E-state index contributed by atoms with van der Waals surface area (Å²) in [6.45, 7) is 5.53. The van der Waals surface area contributed by atoms with Crippen LogP contribution in [-0.4, -0.2) is 38.7 Å². The third kappa shape index (κ3) is 3.39. The standard InChI is InChI=1S/C22H25N5O3/c1-11(2)30-22(28)14-9-16-19(18(10-14)29-5)27(4)21(26-16)17-8-13-6-7-15(12(3)23)24-20(13)25-17/h6-12H,23H2,1-5H3,(H,24,25)/t12-/m1/s1. The number of rotatable bonds is 5. The lowest BCUT2D eigenvalue weighted by molar-refractivity contribution is 0.0377. The van der Waals surface area contributed by atoms with Crippen molar-refractivity contribution in [3.05, 3.63) is 41.6 Å². The molecule has 156 valence electrons. The molecule has 1 aromatic carbocycles. The van der Waals surface area contributed by atoms with Gasteiger partial charge in [0.15, 0.2) is 5.82 Å². The molecule has 0 saturated heterocycles. The smallest absolute Gasteiger partial charge is 0.338 e. The quantitative estimate of drug-likeness (QED) is 0.488. The van der Waals surface area contributed by atoms with Crippen molar-refractivity contribution in [2.45, 2.75) is 32.9 Å². The van der Waals surface area contributed by atoms with Crippen LogP contribution in [0.4, 0.5) is 0 Å². The number of benzene rings is 1. The number of pyridine rings is 1. The van der Waals surface area contributed by atoms with Gasteiger partial charge in [0.05, 0.1) is 35.7 Å². The van der Waals surface area contributed by atoms with Gasteiger partial charge in [-0.2, -0.15) is 0 Å². The zero-order chi connectivity index (χ0) is 21.6. The number of imidazole rings is 1. The second-order valence-electron chi connectivity index (χ2n) is 7.64. The van der Waals surface area contributed by atoms with Crippen LogP contribution in [0.2, 0.25) is 0 Å². The molecular formula is C22H25N5O3. The summed E-state index contributed by atoms with van der Waals surface area (Å²) in [4.78, 5) is 25.1. The Balaban J connectivity index is 1.85. The first kappa shape index (κ1) is 19.9. The molecule has 1 atom stereocenters. The van der Waals surface area contributed by atoms with Crippen LogP contribution in [-0.2, 0) is 11.8 Å². The molecule has 0 fully saturated rings. The molecule has 3 aromatic heterocycles. The molecule has 0 saturated carbocycles. The fourth-order valence-corrected chi connectivity index (χ4v) is 3.50. The molecule has 0 aliphatic carbocycles. The molecule has 0 bridgehead atoms. The number of aromatic nitrogens is 4. The molecule has 0 spiro atoms. The fraction of sp³-hybridized carbons (Fsp3) is 0.318.